The molecule has 1 aliphatic carbocycles. The van der Waals surface area contributed by atoms with Crippen LogP contribution in [-0.2, 0) is 4.79 Å². The van der Waals surface area contributed by atoms with Gasteiger partial charge in [0, 0.05) is 24.0 Å². The Bertz CT molecular complexity index is 940. The summed E-state index contributed by atoms with van der Waals surface area (Å²) < 4.78 is 7.39. The minimum atomic E-state index is -0.113. The van der Waals surface area contributed by atoms with E-state index >= 15 is 0 Å². The van der Waals surface area contributed by atoms with Gasteiger partial charge in [-0.25, -0.2) is 0 Å². The van der Waals surface area contributed by atoms with Crippen LogP contribution in [0.5, 0.6) is 5.75 Å². The van der Waals surface area contributed by atoms with Crippen molar-refractivity contribution in [2.45, 2.75) is 24.0 Å². The second-order valence-electron chi connectivity index (χ2n) is 6.19. The van der Waals surface area contributed by atoms with E-state index in [1.54, 1.807) is 19.5 Å². The van der Waals surface area contributed by atoms with E-state index in [1.807, 2.05) is 36.4 Å². The second kappa shape index (κ2) is 7.79. The molecule has 1 amide bonds. The van der Waals surface area contributed by atoms with Gasteiger partial charge in [0.2, 0.25) is 5.91 Å². The zero-order valence-electron chi connectivity index (χ0n) is 14.8. The monoisotopic (exact) mass is 381 g/mol. The van der Waals surface area contributed by atoms with E-state index in [-0.39, 0.29) is 11.7 Å². The Labute approximate surface area is 161 Å². The number of rotatable bonds is 7. The highest BCUT2D eigenvalue weighted by atomic mass is 32.2. The van der Waals surface area contributed by atoms with Gasteiger partial charge in [0.05, 0.1) is 18.6 Å². The molecular weight excluding hydrogens is 362 g/mol. The van der Waals surface area contributed by atoms with Crippen LogP contribution in [0.1, 0.15) is 18.9 Å². The molecule has 0 atom stereocenters. The summed E-state index contributed by atoms with van der Waals surface area (Å²) in [5.41, 5.74) is 1.59. The lowest BCUT2D eigenvalue weighted by Gasteiger charge is -2.10. The Morgan fingerprint density at radius 1 is 1.26 bits per heavy atom. The topological polar surface area (TPSA) is 81.9 Å². The number of amides is 1. The Balaban J connectivity index is 1.47. The molecule has 0 saturated heterocycles. The van der Waals surface area contributed by atoms with E-state index in [4.69, 9.17) is 4.74 Å². The standard InChI is InChI=1S/C19H19N5O2S/c1-26-16-7-3-2-6-15(16)21-17(25)12-27-19-23-22-18(24(19)14-8-9-14)13-5-4-10-20-11-13/h2-7,10-11,14H,8-9,12H2,1H3,(H,21,25). The van der Waals surface area contributed by atoms with Gasteiger partial charge < -0.3 is 10.1 Å². The molecule has 1 saturated carbocycles. The van der Waals surface area contributed by atoms with Gasteiger partial charge in [-0.3, -0.25) is 14.3 Å². The van der Waals surface area contributed by atoms with Crippen LogP contribution in [0.3, 0.4) is 0 Å². The average Bonchev–Trinajstić information content (AvgIpc) is 3.46. The van der Waals surface area contributed by atoms with Crippen LogP contribution < -0.4 is 10.1 Å². The second-order valence-corrected chi connectivity index (χ2v) is 7.13. The summed E-state index contributed by atoms with van der Waals surface area (Å²) in [6.07, 6.45) is 5.73. The van der Waals surface area contributed by atoms with Crippen LogP contribution in [-0.4, -0.2) is 38.5 Å². The molecule has 2 heterocycles. The molecule has 0 unspecified atom stereocenters. The van der Waals surface area contributed by atoms with E-state index in [9.17, 15) is 4.79 Å². The Kier molecular flexibility index (Phi) is 5.06. The number of carbonyl (C=O) groups excluding carboxylic acids is 1. The molecule has 1 aliphatic rings. The SMILES string of the molecule is COc1ccccc1NC(=O)CSc1nnc(-c2cccnc2)n1C1CC1. The minimum Gasteiger partial charge on any atom is -0.495 e. The van der Waals surface area contributed by atoms with Gasteiger partial charge >= 0.3 is 0 Å². The van der Waals surface area contributed by atoms with E-state index in [0.717, 1.165) is 29.4 Å². The molecule has 1 fully saturated rings. The molecule has 2 aromatic heterocycles. The molecule has 4 rings (SSSR count). The maximum absolute atomic E-state index is 12.4. The lowest BCUT2D eigenvalue weighted by atomic mass is 10.3. The van der Waals surface area contributed by atoms with Crippen molar-refractivity contribution in [3.8, 4) is 17.1 Å². The highest BCUT2D eigenvalue weighted by Crippen LogP contribution is 2.40. The fourth-order valence-electron chi connectivity index (χ4n) is 2.79. The van der Waals surface area contributed by atoms with Gasteiger partial charge in [-0.2, -0.15) is 0 Å². The minimum absolute atomic E-state index is 0.113. The van der Waals surface area contributed by atoms with Crippen LogP contribution in [0.4, 0.5) is 5.69 Å². The summed E-state index contributed by atoms with van der Waals surface area (Å²) in [4.78, 5) is 16.5. The number of hydrogen-bond acceptors (Lipinski definition) is 6. The van der Waals surface area contributed by atoms with E-state index in [2.05, 4.69) is 25.1 Å². The van der Waals surface area contributed by atoms with Crippen LogP contribution in [0.25, 0.3) is 11.4 Å². The normalized spacial score (nSPS) is 13.4. The Morgan fingerprint density at radius 2 is 2.11 bits per heavy atom. The fourth-order valence-corrected chi connectivity index (χ4v) is 3.60. The van der Waals surface area contributed by atoms with Crippen molar-refractivity contribution in [2.75, 3.05) is 18.2 Å². The number of methoxy groups -OCH3 is 1. The number of pyridine rings is 1. The number of carbonyl (C=O) groups is 1. The molecule has 8 heteroatoms. The first-order chi connectivity index (χ1) is 13.3. The van der Waals surface area contributed by atoms with Crippen LogP contribution >= 0.6 is 11.8 Å². The molecule has 27 heavy (non-hydrogen) atoms. The van der Waals surface area contributed by atoms with Crippen molar-refractivity contribution < 1.29 is 9.53 Å². The van der Waals surface area contributed by atoms with E-state index in [1.165, 1.54) is 11.8 Å². The maximum Gasteiger partial charge on any atom is 0.234 e. The molecule has 0 bridgehead atoms. The predicted molar refractivity (Wildman–Crippen MR) is 104 cm³/mol. The highest BCUT2D eigenvalue weighted by molar-refractivity contribution is 7.99. The molecular formula is C19H19N5O2S. The molecule has 3 aromatic rings. The van der Waals surface area contributed by atoms with Gasteiger partial charge in [-0.15, -0.1) is 10.2 Å². The molecule has 138 valence electrons. The third-order valence-electron chi connectivity index (χ3n) is 4.21. The summed E-state index contributed by atoms with van der Waals surface area (Å²) in [7, 11) is 1.58. The number of thioether (sulfide) groups is 1. The number of nitrogens with zero attached hydrogens (tertiary/aromatic N) is 4. The smallest absolute Gasteiger partial charge is 0.234 e. The van der Waals surface area contributed by atoms with Crippen molar-refractivity contribution in [3.63, 3.8) is 0 Å². The number of benzene rings is 1. The molecule has 0 spiro atoms. The number of anilines is 1. The number of nitrogens with one attached hydrogen (secondary N) is 1. The van der Waals surface area contributed by atoms with Crippen molar-refractivity contribution in [2.24, 2.45) is 0 Å². The summed E-state index contributed by atoms with van der Waals surface area (Å²) in [6, 6.07) is 11.6. The molecule has 1 N–H and O–H groups in total. The molecule has 1 aromatic carbocycles. The average molecular weight is 381 g/mol. The van der Waals surface area contributed by atoms with E-state index in [0.29, 0.717) is 17.5 Å². The Morgan fingerprint density at radius 3 is 2.85 bits per heavy atom. The van der Waals surface area contributed by atoms with Crippen LogP contribution in [0, 0.1) is 0 Å². The summed E-state index contributed by atoms with van der Waals surface area (Å²) in [6.45, 7) is 0. The lowest BCUT2D eigenvalue weighted by Crippen LogP contribution is -2.15. The number of hydrogen-bond donors (Lipinski definition) is 1. The molecule has 0 radical (unpaired) electrons. The molecule has 7 nitrogen and oxygen atoms in total. The van der Waals surface area contributed by atoms with Gasteiger partial charge in [-0.1, -0.05) is 23.9 Å². The van der Waals surface area contributed by atoms with Gasteiger partial charge in [-0.05, 0) is 37.1 Å². The zero-order chi connectivity index (χ0) is 18.6. The first-order valence-corrected chi connectivity index (χ1v) is 9.66. The van der Waals surface area contributed by atoms with E-state index < -0.39 is 0 Å². The largest absolute Gasteiger partial charge is 0.495 e. The third-order valence-corrected chi connectivity index (χ3v) is 5.15. The highest BCUT2D eigenvalue weighted by Gasteiger charge is 2.30. The number of aromatic nitrogens is 4. The Hall–Kier alpha value is -2.87. The lowest BCUT2D eigenvalue weighted by molar-refractivity contribution is -0.113. The van der Waals surface area contributed by atoms with Crippen molar-refractivity contribution in [1.29, 1.82) is 0 Å². The third kappa shape index (κ3) is 3.95. The number of para-hydroxylation sites is 2. The van der Waals surface area contributed by atoms with Crippen LogP contribution in [0.15, 0.2) is 53.9 Å². The molecule has 0 aliphatic heterocycles. The maximum atomic E-state index is 12.4. The summed E-state index contributed by atoms with van der Waals surface area (Å²) in [5, 5.41) is 12.3. The summed E-state index contributed by atoms with van der Waals surface area (Å²) >= 11 is 1.39. The van der Waals surface area contributed by atoms with Crippen LogP contribution in [0.2, 0.25) is 0 Å². The van der Waals surface area contributed by atoms with Crippen molar-refractivity contribution >= 4 is 23.4 Å². The summed E-state index contributed by atoms with van der Waals surface area (Å²) in [5.74, 6) is 1.57. The van der Waals surface area contributed by atoms with Gasteiger partial charge in [0.25, 0.3) is 0 Å². The number of ether oxygens (including phenoxy) is 1. The van der Waals surface area contributed by atoms with Gasteiger partial charge in [0.1, 0.15) is 5.75 Å². The van der Waals surface area contributed by atoms with Crippen molar-refractivity contribution in [1.82, 2.24) is 19.7 Å². The first kappa shape index (κ1) is 17.5. The van der Waals surface area contributed by atoms with Crippen molar-refractivity contribution in [3.05, 3.63) is 48.8 Å². The first-order valence-electron chi connectivity index (χ1n) is 8.67. The quantitative estimate of drug-likeness (QED) is 0.632. The van der Waals surface area contributed by atoms with Gasteiger partial charge in [0.15, 0.2) is 11.0 Å². The fraction of sp³-hybridized carbons (Fsp3) is 0.263. The zero-order valence-corrected chi connectivity index (χ0v) is 15.6. The predicted octanol–water partition coefficient (Wildman–Crippen LogP) is 3.41.